The molecule has 2 aromatic carbocycles. The minimum atomic E-state index is -0.438. The molecule has 3 aromatic rings. The van der Waals surface area contributed by atoms with Crippen LogP contribution in [0.3, 0.4) is 0 Å². The number of hydrogen-bond acceptors (Lipinski definition) is 4. The minimum Gasteiger partial charge on any atom is -0.258 e. The van der Waals surface area contributed by atoms with Crippen molar-refractivity contribution in [2.45, 2.75) is 0 Å². The fraction of sp³-hybridized carbons (Fsp3) is 0. The van der Waals surface area contributed by atoms with Crippen LogP contribution in [0.25, 0.3) is 22.5 Å². The molecule has 0 fully saturated rings. The summed E-state index contributed by atoms with van der Waals surface area (Å²) < 4.78 is 0. The molecule has 0 aliphatic carbocycles. The smallest absolute Gasteiger partial charge is 0.258 e. The molecule has 0 unspecified atom stereocenters. The van der Waals surface area contributed by atoms with E-state index in [1.807, 2.05) is 36.4 Å². The number of benzene rings is 2. The van der Waals surface area contributed by atoms with E-state index in [1.165, 1.54) is 12.1 Å². The Morgan fingerprint density at radius 3 is 1.95 bits per heavy atom. The average Bonchev–Trinajstić information content (AvgIpc) is 2.55. The third kappa shape index (κ3) is 2.94. The van der Waals surface area contributed by atoms with Crippen molar-refractivity contribution in [3.63, 3.8) is 0 Å². The topological polar surface area (TPSA) is 68.9 Å². The Kier molecular flexibility index (Phi) is 3.80. The Hall–Kier alpha value is -2.79. The van der Waals surface area contributed by atoms with Crippen molar-refractivity contribution in [3.05, 3.63) is 76.1 Å². The SMILES string of the molecule is O=[N+]([O-])c1ccc(-c2cc(-c3ccccc3)nc(Cl)n2)cc1. The number of aromatic nitrogens is 2. The summed E-state index contributed by atoms with van der Waals surface area (Å²) in [5.41, 5.74) is 3.02. The van der Waals surface area contributed by atoms with Crippen LogP contribution in [0.1, 0.15) is 0 Å². The number of nitrogens with zero attached hydrogens (tertiary/aromatic N) is 3. The summed E-state index contributed by atoms with van der Waals surface area (Å²) in [5.74, 6) is 0. The molecule has 0 radical (unpaired) electrons. The van der Waals surface area contributed by atoms with Gasteiger partial charge < -0.3 is 0 Å². The van der Waals surface area contributed by atoms with Gasteiger partial charge in [-0.1, -0.05) is 30.3 Å². The molecule has 0 spiro atoms. The first-order chi connectivity index (χ1) is 10.6. The van der Waals surface area contributed by atoms with Crippen molar-refractivity contribution in [1.29, 1.82) is 0 Å². The number of nitro benzene ring substituents is 1. The average molecular weight is 312 g/mol. The lowest BCUT2D eigenvalue weighted by Crippen LogP contribution is -1.92. The van der Waals surface area contributed by atoms with E-state index in [9.17, 15) is 10.1 Å². The molecule has 3 rings (SSSR count). The molecule has 0 saturated carbocycles. The van der Waals surface area contributed by atoms with E-state index in [4.69, 9.17) is 11.6 Å². The summed E-state index contributed by atoms with van der Waals surface area (Å²) in [6.45, 7) is 0. The monoisotopic (exact) mass is 311 g/mol. The molecule has 0 aliphatic heterocycles. The quantitative estimate of drug-likeness (QED) is 0.409. The van der Waals surface area contributed by atoms with Crippen LogP contribution in [0.4, 0.5) is 5.69 Å². The molecule has 6 heteroatoms. The number of halogens is 1. The van der Waals surface area contributed by atoms with Gasteiger partial charge in [-0.05, 0) is 29.8 Å². The maximum atomic E-state index is 10.7. The van der Waals surface area contributed by atoms with E-state index in [0.29, 0.717) is 11.4 Å². The molecular formula is C16H10ClN3O2. The Labute approximate surface area is 131 Å². The maximum absolute atomic E-state index is 10.7. The molecule has 0 bridgehead atoms. The summed E-state index contributed by atoms with van der Waals surface area (Å²) in [4.78, 5) is 18.7. The number of rotatable bonds is 3. The van der Waals surface area contributed by atoms with Gasteiger partial charge in [0.1, 0.15) is 0 Å². The van der Waals surface area contributed by atoms with Gasteiger partial charge in [-0.3, -0.25) is 10.1 Å². The van der Waals surface area contributed by atoms with Crippen molar-refractivity contribution in [1.82, 2.24) is 9.97 Å². The van der Waals surface area contributed by atoms with Crippen LogP contribution in [0.15, 0.2) is 60.7 Å². The second-order valence-electron chi connectivity index (χ2n) is 4.58. The van der Waals surface area contributed by atoms with E-state index < -0.39 is 4.92 Å². The maximum Gasteiger partial charge on any atom is 0.269 e. The van der Waals surface area contributed by atoms with Gasteiger partial charge in [-0.2, -0.15) is 0 Å². The van der Waals surface area contributed by atoms with Crippen LogP contribution < -0.4 is 0 Å². The van der Waals surface area contributed by atoms with E-state index in [1.54, 1.807) is 12.1 Å². The molecule has 108 valence electrons. The summed E-state index contributed by atoms with van der Waals surface area (Å²) in [6.07, 6.45) is 0. The van der Waals surface area contributed by atoms with Crippen molar-refractivity contribution in [2.24, 2.45) is 0 Å². The van der Waals surface area contributed by atoms with Crippen molar-refractivity contribution >= 4 is 17.3 Å². The van der Waals surface area contributed by atoms with Crippen LogP contribution in [0.5, 0.6) is 0 Å². The zero-order valence-corrected chi connectivity index (χ0v) is 12.1. The molecular weight excluding hydrogens is 302 g/mol. The van der Waals surface area contributed by atoms with Crippen LogP contribution in [0, 0.1) is 10.1 Å². The fourth-order valence-electron chi connectivity index (χ4n) is 2.08. The summed E-state index contributed by atoms with van der Waals surface area (Å²) in [5, 5.41) is 10.8. The van der Waals surface area contributed by atoms with Crippen molar-refractivity contribution < 1.29 is 4.92 Å². The van der Waals surface area contributed by atoms with Gasteiger partial charge in [0.25, 0.3) is 5.69 Å². The van der Waals surface area contributed by atoms with Crippen LogP contribution >= 0.6 is 11.6 Å². The third-order valence-electron chi connectivity index (χ3n) is 3.14. The van der Waals surface area contributed by atoms with E-state index in [2.05, 4.69) is 9.97 Å². The Bertz CT molecular complexity index is 821. The second kappa shape index (κ2) is 5.91. The number of hydrogen-bond donors (Lipinski definition) is 0. The normalized spacial score (nSPS) is 10.4. The van der Waals surface area contributed by atoms with E-state index in [0.717, 1.165) is 11.1 Å². The highest BCUT2D eigenvalue weighted by Crippen LogP contribution is 2.26. The van der Waals surface area contributed by atoms with Crippen LogP contribution in [0.2, 0.25) is 5.28 Å². The van der Waals surface area contributed by atoms with Gasteiger partial charge in [-0.25, -0.2) is 9.97 Å². The van der Waals surface area contributed by atoms with Crippen LogP contribution in [-0.4, -0.2) is 14.9 Å². The number of nitro groups is 1. The van der Waals surface area contributed by atoms with E-state index in [-0.39, 0.29) is 11.0 Å². The zero-order chi connectivity index (χ0) is 15.5. The second-order valence-corrected chi connectivity index (χ2v) is 4.92. The molecule has 0 amide bonds. The van der Waals surface area contributed by atoms with Gasteiger partial charge in [-0.15, -0.1) is 0 Å². The predicted molar refractivity (Wildman–Crippen MR) is 84.6 cm³/mol. The third-order valence-corrected chi connectivity index (χ3v) is 3.31. The molecule has 0 saturated heterocycles. The molecule has 0 aliphatic rings. The first-order valence-corrected chi connectivity index (χ1v) is 6.86. The molecule has 1 heterocycles. The van der Waals surface area contributed by atoms with Gasteiger partial charge in [0.2, 0.25) is 5.28 Å². The standard InChI is InChI=1S/C16H10ClN3O2/c17-16-18-14(11-4-2-1-3-5-11)10-15(19-16)12-6-8-13(9-7-12)20(21)22/h1-10H. The Balaban J connectivity index is 2.04. The zero-order valence-electron chi connectivity index (χ0n) is 11.3. The summed E-state index contributed by atoms with van der Waals surface area (Å²) in [7, 11) is 0. The minimum absolute atomic E-state index is 0.0344. The molecule has 0 atom stereocenters. The van der Waals surface area contributed by atoms with Crippen molar-refractivity contribution in [2.75, 3.05) is 0 Å². The van der Waals surface area contributed by atoms with Gasteiger partial charge in [0.15, 0.2) is 0 Å². The van der Waals surface area contributed by atoms with Gasteiger partial charge in [0.05, 0.1) is 16.3 Å². The molecule has 22 heavy (non-hydrogen) atoms. The fourth-order valence-corrected chi connectivity index (χ4v) is 2.26. The molecule has 0 N–H and O–H groups in total. The first kappa shape index (κ1) is 14.2. The first-order valence-electron chi connectivity index (χ1n) is 6.48. The lowest BCUT2D eigenvalue weighted by Gasteiger charge is -2.05. The lowest BCUT2D eigenvalue weighted by molar-refractivity contribution is -0.384. The lowest BCUT2D eigenvalue weighted by atomic mass is 10.1. The van der Waals surface area contributed by atoms with Gasteiger partial charge >= 0.3 is 0 Å². The largest absolute Gasteiger partial charge is 0.269 e. The van der Waals surface area contributed by atoms with Crippen LogP contribution in [-0.2, 0) is 0 Å². The summed E-state index contributed by atoms with van der Waals surface area (Å²) in [6, 6.07) is 17.6. The Morgan fingerprint density at radius 1 is 0.864 bits per heavy atom. The highest BCUT2D eigenvalue weighted by molar-refractivity contribution is 6.28. The number of non-ortho nitro benzene ring substituents is 1. The molecule has 5 nitrogen and oxygen atoms in total. The summed E-state index contributed by atoms with van der Waals surface area (Å²) >= 11 is 6.00. The van der Waals surface area contributed by atoms with E-state index >= 15 is 0 Å². The highest BCUT2D eigenvalue weighted by Gasteiger charge is 2.09. The van der Waals surface area contributed by atoms with Gasteiger partial charge in [0, 0.05) is 23.3 Å². The Morgan fingerprint density at radius 2 is 1.41 bits per heavy atom. The highest BCUT2D eigenvalue weighted by atomic mass is 35.5. The van der Waals surface area contributed by atoms with Crippen molar-refractivity contribution in [3.8, 4) is 22.5 Å². The molecule has 1 aromatic heterocycles. The predicted octanol–water partition coefficient (Wildman–Crippen LogP) is 4.37.